The van der Waals surface area contributed by atoms with Crippen molar-refractivity contribution in [3.8, 4) is 11.6 Å². The molecule has 1 aliphatic carbocycles. The number of aromatic amines is 1. The van der Waals surface area contributed by atoms with Crippen molar-refractivity contribution in [3.05, 3.63) is 18.1 Å². The first-order valence-electron chi connectivity index (χ1n) is 6.39. The van der Waals surface area contributed by atoms with E-state index in [2.05, 4.69) is 20.3 Å². The maximum absolute atomic E-state index is 6.20. The highest BCUT2D eigenvalue weighted by atomic mass is 16.5. The molecule has 102 valence electrons. The van der Waals surface area contributed by atoms with E-state index in [1.807, 2.05) is 6.92 Å². The Morgan fingerprint density at radius 3 is 3.05 bits per heavy atom. The van der Waals surface area contributed by atoms with Gasteiger partial charge in [-0.2, -0.15) is 10.1 Å². The Hall–Kier alpha value is -1.73. The topological polar surface area (TPSA) is 103 Å². The fourth-order valence-corrected chi connectivity index (χ4v) is 1.83. The fourth-order valence-electron chi connectivity index (χ4n) is 1.83. The standard InChI is InChI=1S/C12H17N5O2/c1-12(13,7-18-8-3-2-4-8)11-15-10(19-17-11)9-5-6-14-16-9/h5-6,8H,2-4,7,13H2,1H3,(H,14,16). The third-order valence-electron chi connectivity index (χ3n) is 3.34. The van der Waals surface area contributed by atoms with Gasteiger partial charge in [-0.1, -0.05) is 5.16 Å². The van der Waals surface area contributed by atoms with E-state index in [0.29, 0.717) is 30.1 Å². The molecule has 0 spiro atoms. The second kappa shape index (κ2) is 4.75. The molecule has 2 heterocycles. The van der Waals surface area contributed by atoms with Crippen LogP contribution in [0.25, 0.3) is 11.6 Å². The van der Waals surface area contributed by atoms with Gasteiger partial charge in [-0.05, 0) is 32.3 Å². The second-order valence-corrected chi connectivity index (χ2v) is 5.17. The van der Waals surface area contributed by atoms with Gasteiger partial charge in [0.1, 0.15) is 11.2 Å². The van der Waals surface area contributed by atoms with Crippen LogP contribution in [0.1, 0.15) is 32.0 Å². The molecule has 0 saturated heterocycles. The molecule has 2 aromatic heterocycles. The summed E-state index contributed by atoms with van der Waals surface area (Å²) >= 11 is 0. The Morgan fingerprint density at radius 2 is 2.42 bits per heavy atom. The summed E-state index contributed by atoms with van der Waals surface area (Å²) in [6.45, 7) is 2.23. The molecule has 0 amide bonds. The third-order valence-corrected chi connectivity index (χ3v) is 3.34. The number of hydrogen-bond acceptors (Lipinski definition) is 6. The Balaban J connectivity index is 1.69. The van der Waals surface area contributed by atoms with Crippen LogP contribution in [-0.2, 0) is 10.3 Å². The molecule has 7 heteroatoms. The maximum Gasteiger partial charge on any atom is 0.275 e. The summed E-state index contributed by atoms with van der Waals surface area (Å²) < 4.78 is 10.9. The molecule has 0 radical (unpaired) electrons. The summed E-state index contributed by atoms with van der Waals surface area (Å²) in [4.78, 5) is 4.29. The van der Waals surface area contributed by atoms with E-state index in [1.54, 1.807) is 12.3 Å². The van der Waals surface area contributed by atoms with E-state index in [-0.39, 0.29) is 0 Å². The minimum absolute atomic E-state index is 0.335. The number of hydrogen-bond donors (Lipinski definition) is 2. The van der Waals surface area contributed by atoms with Crippen LogP contribution in [0.2, 0.25) is 0 Å². The molecule has 0 aromatic carbocycles. The molecule has 1 atom stereocenters. The van der Waals surface area contributed by atoms with Crippen molar-refractivity contribution >= 4 is 0 Å². The van der Waals surface area contributed by atoms with Gasteiger partial charge < -0.3 is 15.0 Å². The second-order valence-electron chi connectivity index (χ2n) is 5.17. The van der Waals surface area contributed by atoms with Crippen molar-refractivity contribution in [1.29, 1.82) is 0 Å². The summed E-state index contributed by atoms with van der Waals surface area (Å²) in [5, 5.41) is 10.5. The Morgan fingerprint density at radius 1 is 1.58 bits per heavy atom. The van der Waals surface area contributed by atoms with Gasteiger partial charge in [0.25, 0.3) is 5.89 Å². The molecule has 3 N–H and O–H groups in total. The number of nitrogens with one attached hydrogen (secondary N) is 1. The average molecular weight is 263 g/mol. The van der Waals surface area contributed by atoms with Crippen LogP contribution in [0.4, 0.5) is 0 Å². The predicted octanol–water partition coefficient (Wildman–Crippen LogP) is 1.20. The Labute approximate surface area is 110 Å². The predicted molar refractivity (Wildman–Crippen MR) is 67.0 cm³/mol. The SMILES string of the molecule is CC(N)(COC1CCC1)c1noc(-c2ccn[nH]2)n1. The lowest BCUT2D eigenvalue weighted by atomic mass is 9.95. The number of H-pyrrole nitrogens is 1. The van der Waals surface area contributed by atoms with Crippen molar-refractivity contribution in [2.75, 3.05) is 6.61 Å². The summed E-state index contributed by atoms with van der Waals surface area (Å²) in [5.41, 5.74) is 6.12. The first-order chi connectivity index (χ1) is 9.15. The highest BCUT2D eigenvalue weighted by Gasteiger charge is 2.30. The number of nitrogens with zero attached hydrogens (tertiary/aromatic N) is 3. The molecule has 19 heavy (non-hydrogen) atoms. The first-order valence-corrected chi connectivity index (χ1v) is 6.39. The van der Waals surface area contributed by atoms with Crippen molar-refractivity contribution in [3.63, 3.8) is 0 Å². The third kappa shape index (κ3) is 2.52. The van der Waals surface area contributed by atoms with E-state index >= 15 is 0 Å². The number of nitrogens with two attached hydrogens (primary N) is 1. The Bertz CT molecular complexity index is 530. The summed E-state index contributed by atoms with van der Waals surface area (Å²) in [5.74, 6) is 0.823. The maximum atomic E-state index is 6.20. The zero-order valence-electron chi connectivity index (χ0n) is 10.8. The monoisotopic (exact) mass is 263 g/mol. The van der Waals surface area contributed by atoms with Gasteiger partial charge in [-0.3, -0.25) is 5.10 Å². The van der Waals surface area contributed by atoms with E-state index in [1.165, 1.54) is 6.42 Å². The van der Waals surface area contributed by atoms with Crippen molar-refractivity contribution in [2.45, 2.75) is 37.8 Å². The van der Waals surface area contributed by atoms with Gasteiger partial charge in [0, 0.05) is 6.20 Å². The molecular formula is C12H17N5O2. The van der Waals surface area contributed by atoms with Gasteiger partial charge in [-0.25, -0.2) is 0 Å². The minimum atomic E-state index is -0.753. The smallest absolute Gasteiger partial charge is 0.275 e. The van der Waals surface area contributed by atoms with Gasteiger partial charge in [0.2, 0.25) is 0 Å². The molecular weight excluding hydrogens is 246 g/mol. The van der Waals surface area contributed by atoms with Crippen LogP contribution in [0.15, 0.2) is 16.8 Å². The molecule has 0 bridgehead atoms. The average Bonchev–Trinajstić information content (AvgIpc) is 2.98. The summed E-state index contributed by atoms with van der Waals surface area (Å²) in [6.07, 6.45) is 5.42. The lowest BCUT2D eigenvalue weighted by molar-refractivity contribution is -0.0222. The molecule has 3 rings (SSSR count). The molecule has 1 fully saturated rings. The first kappa shape index (κ1) is 12.3. The zero-order valence-corrected chi connectivity index (χ0v) is 10.8. The minimum Gasteiger partial charge on any atom is -0.376 e. The van der Waals surface area contributed by atoms with Crippen molar-refractivity contribution in [2.24, 2.45) is 5.73 Å². The van der Waals surface area contributed by atoms with E-state index in [9.17, 15) is 0 Å². The summed E-state index contributed by atoms with van der Waals surface area (Å²) in [7, 11) is 0. The van der Waals surface area contributed by atoms with E-state index < -0.39 is 5.54 Å². The molecule has 2 aromatic rings. The normalized spacial score (nSPS) is 19.1. The number of aromatic nitrogens is 4. The Kier molecular flexibility index (Phi) is 3.08. The van der Waals surface area contributed by atoms with Crippen molar-refractivity contribution in [1.82, 2.24) is 20.3 Å². The fraction of sp³-hybridized carbons (Fsp3) is 0.583. The van der Waals surface area contributed by atoms with Crippen LogP contribution in [0.5, 0.6) is 0 Å². The molecule has 7 nitrogen and oxygen atoms in total. The van der Waals surface area contributed by atoms with Gasteiger partial charge in [-0.15, -0.1) is 0 Å². The van der Waals surface area contributed by atoms with Gasteiger partial charge in [0.15, 0.2) is 5.82 Å². The number of rotatable bonds is 5. The zero-order chi connectivity index (χ0) is 13.3. The lowest BCUT2D eigenvalue weighted by Gasteiger charge is -2.29. The molecule has 1 unspecified atom stereocenters. The molecule has 0 aliphatic heterocycles. The van der Waals surface area contributed by atoms with Crippen molar-refractivity contribution < 1.29 is 9.26 Å². The van der Waals surface area contributed by atoms with Crippen LogP contribution in [0, 0.1) is 0 Å². The van der Waals surface area contributed by atoms with Crippen LogP contribution < -0.4 is 5.73 Å². The number of ether oxygens (including phenoxy) is 1. The van der Waals surface area contributed by atoms with Crippen LogP contribution >= 0.6 is 0 Å². The van der Waals surface area contributed by atoms with E-state index in [0.717, 1.165) is 12.8 Å². The largest absolute Gasteiger partial charge is 0.376 e. The molecule has 1 saturated carbocycles. The van der Waals surface area contributed by atoms with Gasteiger partial charge in [0.05, 0.1) is 12.7 Å². The highest BCUT2D eigenvalue weighted by Crippen LogP contribution is 2.25. The van der Waals surface area contributed by atoms with E-state index in [4.69, 9.17) is 15.0 Å². The lowest BCUT2D eigenvalue weighted by Crippen LogP contribution is -2.41. The van der Waals surface area contributed by atoms with Crippen LogP contribution in [-0.4, -0.2) is 33.0 Å². The quantitative estimate of drug-likeness (QED) is 0.840. The summed E-state index contributed by atoms with van der Waals surface area (Å²) in [6, 6.07) is 1.76. The van der Waals surface area contributed by atoms with Crippen LogP contribution in [0.3, 0.4) is 0 Å². The van der Waals surface area contributed by atoms with Gasteiger partial charge >= 0.3 is 0 Å². The highest BCUT2D eigenvalue weighted by molar-refractivity contribution is 5.44. The molecule has 1 aliphatic rings.